The van der Waals surface area contributed by atoms with Crippen LogP contribution in [0.3, 0.4) is 0 Å². The molecule has 0 spiro atoms. The highest BCUT2D eigenvalue weighted by Crippen LogP contribution is 2.44. The third kappa shape index (κ3) is 3.02. The summed E-state index contributed by atoms with van der Waals surface area (Å²) >= 11 is 0. The number of alkyl halides is 3. The largest absolute Gasteiger partial charge is 0.408 e. The van der Waals surface area contributed by atoms with E-state index in [1.807, 2.05) is 0 Å². The molecular weight excluding hydrogens is 381 g/mol. The standard InChI is InChI=1S/C21H27F3N4O/c22-21(23,24)13-27-18-17(12-26-27)15-8-3-4-9-16(15)19(29)28(18)20(10-5-11-25-20)14-6-1-2-7-14/h12,14,25H,1-11,13H2/t20-/m1/s1. The number of rotatable bonds is 3. The van der Waals surface area contributed by atoms with E-state index in [0.29, 0.717) is 12.1 Å². The predicted molar refractivity (Wildman–Crippen MR) is 104 cm³/mol. The quantitative estimate of drug-likeness (QED) is 0.839. The summed E-state index contributed by atoms with van der Waals surface area (Å²) in [5.74, 6) is 0.266. The highest BCUT2D eigenvalue weighted by molar-refractivity contribution is 5.81. The van der Waals surface area contributed by atoms with E-state index >= 15 is 0 Å². The topological polar surface area (TPSA) is 51.9 Å². The average molecular weight is 408 g/mol. The van der Waals surface area contributed by atoms with Crippen LogP contribution >= 0.6 is 0 Å². The van der Waals surface area contributed by atoms with Gasteiger partial charge in [0.15, 0.2) is 0 Å². The van der Waals surface area contributed by atoms with Crippen LogP contribution in [-0.4, -0.2) is 27.1 Å². The van der Waals surface area contributed by atoms with E-state index in [2.05, 4.69) is 10.4 Å². The molecule has 8 heteroatoms. The van der Waals surface area contributed by atoms with E-state index in [1.165, 1.54) is 0 Å². The van der Waals surface area contributed by atoms with Crippen molar-refractivity contribution in [1.29, 1.82) is 0 Å². The Labute approximate surface area is 167 Å². The van der Waals surface area contributed by atoms with Crippen LogP contribution in [0.25, 0.3) is 11.0 Å². The number of nitrogens with zero attached hydrogens (tertiary/aromatic N) is 3. The van der Waals surface area contributed by atoms with Gasteiger partial charge in [-0.05, 0) is 69.4 Å². The molecule has 0 radical (unpaired) electrons. The van der Waals surface area contributed by atoms with Gasteiger partial charge in [-0.1, -0.05) is 12.8 Å². The van der Waals surface area contributed by atoms with Crippen molar-refractivity contribution in [2.45, 2.75) is 82.6 Å². The Morgan fingerprint density at radius 3 is 2.48 bits per heavy atom. The van der Waals surface area contributed by atoms with Gasteiger partial charge in [-0.15, -0.1) is 0 Å². The minimum atomic E-state index is -4.39. The Morgan fingerprint density at radius 2 is 1.83 bits per heavy atom. The van der Waals surface area contributed by atoms with E-state index in [1.54, 1.807) is 10.8 Å². The van der Waals surface area contributed by atoms with Crippen molar-refractivity contribution in [3.05, 3.63) is 27.7 Å². The van der Waals surface area contributed by atoms with E-state index < -0.39 is 18.4 Å². The van der Waals surface area contributed by atoms with Crippen LogP contribution in [0, 0.1) is 5.92 Å². The molecule has 0 unspecified atom stereocenters. The van der Waals surface area contributed by atoms with Crippen LogP contribution in [0.4, 0.5) is 13.2 Å². The SMILES string of the molecule is O=c1c2c(c3cnn(CC(F)(F)F)c3n1[C@@]1(C3CCCC3)CCCN1)CCCC2. The summed E-state index contributed by atoms with van der Waals surface area (Å²) in [4.78, 5) is 13.8. The lowest BCUT2D eigenvalue weighted by Crippen LogP contribution is -2.54. The third-order valence-electron chi connectivity index (χ3n) is 7.20. The maximum atomic E-state index is 13.8. The maximum absolute atomic E-state index is 13.8. The van der Waals surface area contributed by atoms with Crippen molar-refractivity contribution in [3.63, 3.8) is 0 Å². The second kappa shape index (κ2) is 6.86. The van der Waals surface area contributed by atoms with Crippen molar-refractivity contribution in [1.82, 2.24) is 19.7 Å². The summed E-state index contributed by atoms with van der Waals surface area (Å²) in [5.41, 5.74) is 1.37. The zero-order valence-electron chi connectivity index (χ0n) is 16.5. The van der Waals surface area contributed by atoms with Crippen molar-refractivity contribution in [2.24, 2.45) is 5.92 Å². The van der Waals surface area contributed by atoms with Crippen LogP contribution in [0.5, 0.6) is 0 Å². The summed E-state index contributed by atoms with van der Waals surface area (Å²) in [6.07, 6.45) is 6.46. The summed E-state index contributed by atoms with van der Waals surface area (Å²) in [6.45, 7) is -0.385. The van der Waals surface area contributed by atoms with Gasteiger partial charge in [0.25, 0.3) is 5.56 Å². The number of pyridine rings is 1. The van der Waals surface area contributed by atoms with Crippen LogP contribution in [0.15, 0.2) is 11.0 Å². The van der Waals surface area contributed by atoms with Crippen molar-refractivity contribution >= 4 is 11.0 Å². The number of nitrogens with one attached hydrogen (secondary N) is 1. The van der Waals surface area contributed by atoms with Gasteiger partial charge in [-0.25, -0.2) is 4.68 Å². The smallest absolute Gasteiger partial charge is 0.294 e. The minimum absolute atomic E-state index is 0.0996. The fraction of sp³-hybridized carbons (Fsp3) is 0.714. The molecule has 2 aliphatic carbocycles. The summed E-state index contributed by atoms with van der Waals surface area (Å²) in [5, 5.41) is 8.45. The molecule has 158 valence electrons. The summed E-state index contributed by atoms with van der Waals surface area (Å²) in [7, 11) is 0. The normalized spacial score (nSPS) is 25.8. The Morgan fingerprint density at radius 1 is 1.10 bits per heavy atom. The zero-order chi connectivity index (χ0) is 20.2. The number of hydrogen-bond donors (Lipinski definition) is 1. The molecule has 5 nitrogen and oxygen atoms in total. The Hall–Kier alpha value is -1.83. The molecule has 0 amide bonds. The first-order chi connectivity index (χ1) is 13.9. The molecule has 1 saturated heterocycles. The van der Waals surface area contributed by atoms with Gasteiger partial charge in [-0.2, -0.15) is 18.3 Å². The first kappa shape index (κ1) is 19.2. The van der Waals surface area contributed by atoms with Gasteiger partial charge in [0.05, 0.1) is 6.20 Å². The number of aromatic nitrogens is 3. The fourth-order valence-corrected chi connectivity index (χ4v) is 6.03. The molecule has 2 aromatic rings. The Bertz CT molecular complexity index is 978. The van der Waals surface area contributed by atoms with Crippen LogP contribution in [0.2, 0.25) is 0 Å². The molecule has 1 aliphatic heterocycles. The molecule has 0 bridgehead atoms. The van der Waals surface area contributed by atoms with Gasteiger partial charge in [0, 0.05) is 10.9 Å². The second-order valence-corrected chi connectivity index (χ2v) is 8.90. The fourth-order valence-electron chi connectivity index (χ4n) is 6.03. The Balaban J connectivity index is 1.82. The molecule has 1 N–H and O–H groups in total. The highest BCUT2D eigenvalue weighted by Gasteiger charge is 2.46. The highest BCUT2D eigenvalue weighted by atomic mass is 19.4. The maximum Gasteiger partial charge on any atom is 0.408 e. The average Bonchev–Trinajstić information content (AvgIpc) is 3.42. The Kier molecular flexibility index (Phi) is 4.53. The minimum Gasteiger partial charge on any atom is -0.294 e. The van der Waals surface area contributed by atoms with Gasteiger partial charge in [-0.3, -0.25) is 14.7 Å². The van der Waals surface area contributed by atoms with Gasteiger partial charge in [0.2, 0.25) is 0 Å². The number of aryl methyl sites for hydroxylation is 1. The molecular formula is C21H27F3N4O. The monoisotopic (exact) mass is 408 g/mol. The lowest BCUT2D eigenvalue weighted by Gasteiger charge is -2.39. The molecule has 1 atom stereocenters. The van der Waals surface area contributed by atoms with Gasteiger partial charge in [0.1, 0.15) is 17.9 Å². The van der Waals surface area contributed by atoms with E-state index in [0.717, 1.165) is 85.5 Å². The third-order valence-corrected chi connectivity index (χ3v) is 7.20. The van der Waals surface area contributed by atoms with E-state index in [-0.39, 0.29) is 11.5 Å². The first-order valence-electron chi connectivity index (χ1n) is 10.9. The van der Waals surface area contributed by atoms with Crippen LogP contribution < -0.4 is 10.9 Å². The lowest BCUT2D eigenvalue weighted by molar-refractivity contribution is -0.142. The molecule has 3 aliphatic rings. The second-order valence-electron chi connectivity index (χ2n) is 8.90. The number of fused-ring (bicyclic) bond motifs is 3. The summed E-state index contributed by atoms with van der Waals surface area (Å²) in [6, 6.07) is 0. The van der Waals surface area contributed by atoms with Crippen LogP contribution in [-0.2, 0) is 25.0 Å². The van der Waals surface area contributed by atoms with Crippen molar-refractivity contribution in [3.8, 4) is 0 Å². The molecule has 29 heavy (non-hydrogen) atoms. The van der Waals surface area contributed by atoms with Crippen molar-refractivity contribution < 1.29 is 13.2 Å². The van der Waals surface area contributed by atoms with Gasteiger partial charge >= 0.3 is 6.18 Å². The molecule has 2 aromatic heterocycles. The first-order valence-corrected chi connectivity index (χ1v) is 10.9. The van der Waals surface area contributed by atoms with Crippen molar-refractivity contribution in [2.75, 3.05) is 6.54 Å². The van der Waals surface area contributed by atoms with Crippen LogP contribution in [0.1, 0.15) is 62.5 Å². The van der Waals surface area contributed by atoms with E-state index in [4.69, 9.17) is 0 Å². The number of halogens is 3. The molecule has 0 aromatic carbocycles. The lowest BCUT2D eigenvalue weighted by atomic mass is 9.86. The molecule has 5 rings (SSSR count). The summed E-state index contributed by atoms with van der Waals surface area (Å²) < 4.78 is 42.7. The molecule has 3 heterocycles. The predicted octanol–water partition coefficient (Wildman–Crippen LogP) is 3.87. The van der Waals surface area contributed by atoms with E-state index in [9.17, 15) is 18.0 Å². The molecule has 2 fully saturated rings. The number of hydrogen-bond acceptors (Lipinski definition) is 3. The zero-order valence-corrected chi connectivity index (χ0v) is 16.5. The molecule has 1 saturated carbocycles. The van der Waals surface area contributed by atoms with Gasteiger partial charge < -0.3 is 0 Å².